The molecule has 2 saturated heterocycles. The van der Waals surface area contributed by atoms with Gasteiger partial charge in [-0.15, -0.1) is 0 Å². The second-order valence-corrected chi connectivity index (χ2v) is 7.85. The molecule has 0 bridgehead atoms. The van der Waals surface area contributed by atoms with E-state index < -0.39 is 0 Å². The zero-order chi connectivity index (χ0) is 18.1. The number of benzene rings is 1. The highest BCUT2D eigenvalue weighted by molar-refractivity contribution is 6.31. The maximum atomic E-state index is 12.9. The molecular formula is C19H25ClN2O3. The molecule has 0 aliphatic carbocycles. The summed E-state index contributed by atoms with van der Waals surface area (Å²) in [5.41, 5.74) is 0.635. The first-order chi connectivity index (χ1) is 11.9. The van der Waals surface area contributed by atoms with Gasteiger partial charge in [-0.05, 0) is 36.5 Å². The molecule has 3 rings (SSSR count). The highest BCUT2D eigenvalue weighted by atomic mass is 35.5. The Labute approximate surface area is 153 Å². The molecule has 2 fully saturated rings. The minimum absolute atomic E-state index is 0.0583. The summed E-state index contributed by atoms with van der Waals surface area (Å²) in [6, 6.07) is 5.19. The number of halogens is 1. The van der Waals surface area contributed by atoms with Crippen molar-refractivity contribution in [2.45, 2.75) is 26.7 Å². The molecule has 3 atom stereocenters. The molecule has 25 heavy (non-hydrogen) atoms. The van der Waals surface area contributed by atoms with E-state index >= 15 is 0 Å². The number of nitrogens with zero attached hydrogens (tertiary/aromatic N) is 2. The third-order valence-electron chi connectivity index (χ3n) is 5.09. The Balaban J connectivity index is 1.76. The van der Waals surface area contributed by atoms with Gasteiger partial charge in [0.2, 0.25) is 11.8 Å². The van der Waals surface area contributed by atoms with Crippen molar-refractivity contribution in [3.05, 3.63) is 23.2 Å². The van der Waals surface area contributed by atoms with Crippen molar-refractivity contribution in [1.82, 2.24) is 4.90 Å². The van der Waals surface area contributed by atoms with Crippen LogP contribution in [0.25, 0.3) is 0 Å². The van der Waals surface area contributed by atoms with E-state index in [0.29, 0.717) is 34.8 Å². The largest absolute Gasteiger partial charge is 0.495 e. The van der Waals surface area contributed by atoms with E-state index in [1.54, 1.807) is 30.2 Å². The Kier molecular flexibility index (Phi) is 5.23. The topological polar surface area (TPSA) is 49.9 Å². The van der Waals surface area contributed by atoms with E-state index in [-0.39, 0.29) is 24.2 Å². The number of piperidine rings is 1. The van der Waals surface area contributed by atoms with Crippen LogP contribution in [0, 0.1) is 17.8 Å². The Morgan fingerprint density at radius 3 is 2.52 bits per heavy atom. The van der Waals surface area contributed by atoms with E-state index in [1.165, 1.54) is 0 Å². The van der Waals surface area contributed by atoms with Crippen LogP contribution in [0.3, 0.4) is 0 Å². The fraction of sp³-hybridized carbons (Fsp3) is 0.579. The van der Waals surface area contributed by atoms with Crippen LogP contribution in [0.5, 0.6) is 5.75 Å². The summed E-state index contributed by atoms with van der Waals surface area (Å²) < 4.78 is 5.35. The van der Waals surface area contributed by atoms with Gasteiger partial charge in [0.25, 0.3) is 0 Å². The van der Waals surface area contributed by atoms with Gasteiger partial charge in [0, 0.05) is 31.1 Å². The maximum absolute atomic E-state index is 12.9. The Morgan fingerprint density at radius 1 is 1.20 bits per heavy atom. The van der Waals surface area contributed by atoms with E-state index in [2.05, 4.69) is 13.8 Å². The van der Waals surface area contributed by atoms with E-state index in [0.717, 1.165) is 19.5 Å². The number of carbonyl (C=O) groups excluding carboxylic acids is 2. The van der Waals surface area contributed by atoms with Crippen LogP contribution in [0.15, 0.2) is 18.2 Å². The van der Waals surface area contributed by atoms with Crippen molar-refractivity contribution < 1.29 is 14.3 Å². The predicted molar refractivity (Wildman–Crippen MR) is 98.0 cm³/mol. The first-order valence-electron chi connectivity index (χ1n) is 8.81. The number of likely N-dealkylation sites (tertiary alicyclic amines) is 1. The van der Waals surface area contributed by atoms with Crippen molar-refractivity contribution in [3.63, 3.8) is 0 Å². The van der Waals surface area contributed by atoms with E-state index in [9.17, 15) is 9.59 Å². The summed E-state index contributed by atoms with van der Waals surface area (Å²) >= 11 is 6.08. The van der Waals surface area contributed by atoms with Gasteiger partial charge in [-0.25, -0.2) is 0 Å². The monoisotopic (exact) mass is 364 g/mol. The lowest BCUT2D eigenvalue weighted by Crippen LogP contribution is -2.45. The molecule has 2 amide bonds. The number of anilines is 1. The quantitative estimate of drug-likeness (QED) is 0.827. The molecule has 0 N–H and O–H groups in total. The van der Waals surface area contributed by atoms with Gasteiger partial charge in [0.05, 0.1) is 18.7 Å². The molecule has 0 saturated carbocycles. The van der Waals surface area contributed by atoms with Crippen molar-refractivity contribution in [3.8, 4) is 5.75 Å². The van der Waals surface area contributed by atoms with Crippen LogP contribution in [0.1, 0.15) is 26.7 Å². The third kappa shape index (κ3) is 3.76. The Hall–Kier alpha value is -1.75. The fourth-order valence-electron chi connectivity index (χ4n) is 4.08. The van der Waals surface area contributed by atoms with Crippen molar-refractivity contribution >= 4 is 29.1 Å². The van der Waals surface area contributed by atoms with E-state index in [4.69, 9.17) is 16.3 Å². The molecule has 0 radical (unpaired) electrons. The molecule has 136 valence electrons. The normalized spacial score (nSPS) is 26.9. The van der Waals surface area contributed by atoms with Crippen LogP contribution >= 0.6 is 11.6 Å². The number of methoxy groups -OCH3 is 1. The van der Waals surface area contributed by atoms with Crippen LogP contribution in [-0.2, 0) is 9.59 Å². The average Bonchev–Trinajstić information content (AvgIpc) is 2.95. The molecule has 6 heteroatoms. The second-order valence-electron chi connectivity index (χ2n) is 7.41. The van der Waals surface area contributed by atoms with Gasteiger partial charge in [0.1, 0.15) is 5.75 Å². The minimum Gasteiger partial charge on any atom is -0.495 e. The summed E-state index contributed by atoms with van der Waals surface area (Å²) in [6.07, 6.45) is 1.40. The smallest absolute Gasteiger partial charge is 0.228 e. The van der Waals surface area contributed by atoms with Gasteiger partial charge in [-0.2, -0.15) is 0 Å². The molecule has 0 aromatic heterocycles. The second kappa shape index (κ2) is 7.24. The zero-order valence-electron chi connectivity index (χ0n) is 15.0. The average molecular weight is 365 g/mol. The lowest BCUT2D eigenvalue weighted by atomic mass is 9.91. The molecule has 0 spiro atoms. The summed E-state index contributed by atoms with van der Waals surface area (Å²) in [4.78, 5) is 29.0. The van der Waals surface area contributed by atoms with Crippen LogP contribution in [0.4, 0.5) is 5.69 Å². The molecule has 2 aliphatic heterocycles. The number of hydrogen-bond acceptors (Lipinski definition) is 3. The summed E-state index contributed by atoms with van der Waals surface area (Å²) in [6.45, 7) is 6.31. The molecular weight excluding hydrogens is 340 g/mol. The van der Waals surface area contributed by atoms with Gasteiger partial charge in [-0.1, -0.05) is 25.4 Å². The molecule has 1 aromatic rings. The highest BCUT2D eigenvalue weighted by Crippen LogP contribution is 2.36. The Morgan fingerprint density at radius 2 is 1.88 bits per heavy atom. The van der Waals surface area contributed by atoms with Crippen molar-refractivity contribution in [2.75, 3.05) is 31.6 Å². The zero-order valence-corrected chi connectivity index (χ0v) is 15.8. The van der Waals surface area contributed by atoms with Gasteiger partial charge < -0.3 is 14.5 Å². The molecule has 1 aromatic carbocycles. The SMILES string of the molecule is COc1ccc(Cl)cc1N1CC(C(=O)N2CC(C)CC(C)C2)CC1=O. The number of amides is 2. The molecule has 3 unspecified atom stereocenters. The number of hydrogen-bond donors (Lipinski definition) is 0. The number of rotatable bonds is 3. The summed E-state index contributed by atoms with van der Waals surface area (Å²) in [7, 11) is 1.56. The number of carbonyl (C=O) groups is 2. The third-order valence-corrected chi connectivity index (χ3v) is 5.32. The molecule has 2 heterocycles. The van der Waals surface area contributed by atoms with Gasteiger partial charge in [0.15, 0.2) is 0 Å². The minimum atomic E-state index is -0.298. The van der Waals surface area contributed by atoms with Crippen molar-refractivity contribution in [2.24, 2.45) is 17.8 Å². The summed E-state index contributed by atoms with van der Waals surface area (Å²) in [5, 5.41) is 0.539. The highest BCUT2D eigenvalue weighted by Gasteiger charge is 2.39. The van der Waals surface area contributed by atoms with Crippen LogP contribution in [0.2, 0.25) is 5.02 Å². The first kappa shape index (κ1) is 18.1. The van der Waals surface area contributed by atoms with E-state index in [1.807, 2.05) is 4.90 Å². The standard InChI is InChI=1S/C19H25ClN2O3/c1-12-6-13(2)10-21(9-12)19(24)14-7-18(23)22(11-14)16-8-15(20)4-5-17(16)25-3/h4-5,8,12-14H,6-7,9-11H2,1-3H3. The maximum Gasteiger partial charge on any atom is 0.228 e. The first-order valence-corrected chi connectivity index (χ1v) is 9.19. The van der Waals surface area contributed by atoms with Crippen molar-refractivity contribution in [1.29, 1.82) is 0 Å². The molecule has 2 aliphatic rings. The Bertz CT molecular complexity index is 669. The molecule has 5 nitrogen and oxygen atoms in total. The predicted octanol–water partition coefficient (Wildman–Crippen LogP) is 3.21. The summed E-state index contributed by atoms with van der Waals surface area (Å²) in [5.74, 6) is 1.34. The van der Waals surface area contributed by atoms with Crippen LogP contribution in [-0.4, -0.2) is 43.5 Å². The number of ether oxygens (including phenoxy) is 1. The van der Waals surface area contributed by atoms with Crippen LogP contribution < -0.4 is 9.64 Å². The van der Waals surface area contributed by atoms with Gasteiger partial charge >= 0.3 is 0 Å². The van der Waals surface area contributed by atoms with Gasteiger partial charge in [-0.3, -0.25) is 9.59 Å². The lowest BCUT2D eigenvalue weighted by molar-refractivity contribution is -0.138. The fourth-order valence-corrected chi connectivity index (χ4v) is 4.25. The lowest BCUT2D eigenvalue weighted by Gasteiger charge is -2.36.